The average Bonchev–Trinajstić information content (AvgIpc) is 2.45. The number of carboxylic acids is 1. The zero-order chi connectivity index (χ0) is 16.2. The van der Waals surface area contributed by atoms with Crippen LogP contribution >= 0.6 is 0 Å². The largest absolute Gasteiger partial charge is 0.481 e. The first-order valence-electron chi connectivity index (χ1n) is 7.02. The van der Waals surface area contributed by atoms with E-state index in [9.17, 15) is 19.5 Å². The first-order valence-corrected chi connectivity index (χ1v) is 7.02. The van der Waals surface area contributed by atoms with Crippen LogP contribution in [0, 0.1) is 11.3 Å². The summed E-state index contributed by atoms with van der Waals surface area (Å²) in [5, 5.41) is 9.27. The lowest BCUT2D eigenvalue weighted by molar-refractivity contribution is -0.150. The van der Waals surface area contributed by atoms with Crippen LogP contribution in [-0.2, 0) is 14.3 Å². The number of methoxy groups -OCH3 is 1. The van der Waals surface area contributed by atoms with Crippen molar-refractivity contribution in [1.82, 2.24) is 9.80 Å². The van der Waals surface area contributed by atoms with E-state index in [1.54, 1.807) is 25.8 Å². The van der Waals surface area contributed by atoms with Gasteiger partial charge in [-0.15, -0.1) is 0 Å². The number of rotatable bonds is 4. The molecular formula is C14H24N2O5. The number of ether oxygens (including phenoxy) is 1. The Hall–Kier alpha value is -1.79. The number of amides is 2. The topological polar surface area (TPSA) is 87.2 Å². The van der Waals surface area contributed by atoms with Crippen LogP contribution in [0.25, 0.3) is 0 Å². The maximum absolute atomic E-state index is 12.4. The number of nitrogens with zero attached hydrogens (tertiary/aromatic N) is 2. The normalized spacial score (nSPS) is 23.3. The zero-order valence-electron chi connectivity index (χ0n) is 13.1. The van der Waals surface area contributed by atoms with E-state index in [0.29, 0.717) is 19.4 Å². The second-order valence-electron chi connectivity index (χ2n) is 5.98. The van der Waals surface area contributed by atoms with Gasteiger partial charge in [0, 0.05) is 26.7 Å². The number of hydrogen-bond donors (Lipinski definition) is 1. The molecule has 1 saturated heterocycles. The van der Waals surface area contributed by atoms with E-state index in [-0.39, 0.29) is 25.1 Å². The molecule has 0 spiro atoms. The molecule has 7 nitrogen and oxygen atoms in total. The van der Waals surface area contributed by atoms with Crippen molar-refractivity contribution in [3.63, 3.8) is 0 Å². The molecule has 7 heteroatoms. The molecule has 1 aliphatic heterocycles. The van der Waals surface area contributed by atoms with Gasteiger partial charge in [-0.05, 0) is 19.8 Å². The van der Waals surface area contributed by atoms with Gasteiger partial charge in [0.2, 0.25) is 0 Å². The molecule has 1 fully saturated rings. The van der Waals surface area contributed by atoms with Gasteiger partial charge in [0.25, 0.3) is 0 Å². The van der Waals surface area contributed by atoms with Crippen LogP contribution in [-0.4, -0.2) is 66.7 Å². The Kier molecular flexibility index (Phi) is 5.57. The van der Waals surface area contributed by atoms with Crippen LogP contribution in [0.5, 0.6) is 0 Å². The third kappa shape index (κ3) is 4.09. The predicted molar refractivity (Wildman–Crippen MR) is 75.8 cm³/mol. The lowest BCUT2D eigenvalue weighted by Crippen LogP contribution is -2.52. The number of carbonyl (C=O) groups is 3. The molecule has 0 bridgehead atoms. The number of hydrogen-bond acceptors (Lipinski definition) is 4. The minimum absolute atomic E-state index is 0.193. The summed E-state index contributed by atoms with van der Waals surface area (Å²) in [4.78, 5) is 38.0. The molecule has 1 aliphatic rings. The highest BCUT2D eigenvalue weighted by Crippen LogP contribution is 2.30. The van der Waals surface area contributed by atoms with Gasteiger partial charge in [-0.2, -0.15) is 0 Å². The Morgan fingerprint density at radius 2 is 2.05 bits per heavy atom. The minimum Gasteiger partial charge on any atom is -0.481 e. The van der Waals surface area contributed by atoms with E-state index in [0.717, 1.165) is 0 Å². The summed E-state index contributed by atoms with van der Waals surface area (Å²) in [5.41, 5.74) is -0.900. The van der Waals surface area contributed by atoms with Gasteiger partial charge in [-0.3, -0.25) is 9.59 Å². The Labute approximate surface area is 124 Å². The van der Waals surface area contributed by atoms with Crippen LogP contribution in [0.2, 0.25) is 0 Å². The van der Waals surface area contributed by atoms with Gasteiger partial charge in [-0.1, -0.05) is 6.92 Å². The van der Waals surface area contributed by atoms with E-state index in [4.69, 9.17) is 0 Å². The second-order valence-corrected chi connectivity index (χ2v) is 5.98. The summed E-state index contributed by atoms with van der Waals surface area (Å²) < 4.78 is 4.63. The van der Waals surface area contributed by atoms with Crippen molar-refractivity contribution in [2.45, 2.75) is 26.7 Å². The van der Waals surface area contributed by atoms with Crippen molar-refractivity contribution in [1.29, 1.82) is 0 Å². The average molecular weight is 300 g/mol. The quantitative estimate of drug-likeness (QED) is 0.784. The SMILES string of the molecule is COC(=O)C(C)CN(C)C(=O)N1CCCC(C)(C(=O)O)C1. The molecule has 1 rings (SSSR count). The first-order chi connectivity index (χ1) is 9.71. The van der Waals surface area contributed by atoms with E-state index >= 15 is 0 Å². The van der Waals surface area contributed by atoms with Gasteiger partial charge in [0.15, 0.2) is 0 Å². The van der Waals surface area contributed by atoms with Crippen molar-refractivity contribution in [3.8, 4) is 0 Å². The lowest BCUT2D eigenvalue weighted by Gasteiger charge is -2.39. The minimum atomic E-state index is -0.900. The molecule has 2 unspecified atom stereocenters. The number of aliphatic carboxylic acids is 1. The number of carbonyl (C=O) groups excluding carboxylic acids is 2. The Bertz CT molecular complexity index is 426. The fourth-order valence-corrected chi connectivity index (χ4v) is 2.58. The monoisotopic (exact) mass is 300 g/mol. The zero-order valence-corrected chi connectivity index (χ0v) is 13.1. The van der Waals surface area contributed by atoms with Crippen LogP contribution in [0.15, 0.2) is 0 Å². The van der Waals surface area contributed by atoms with Crippen molar-refractivity contribution in [3.05, 3.63) is 0 Å². The fraction of sp³-hybridized carbons (Fsp3) is 0.786. The van der Waals surface area contributed by atoms with Crippen LogP contribution in [0.4, 0.5) is 4.79 Å². The van der Waals surface area contributed by atoms with Crippen LogP contribution < -0.4 is 0 Å². The highest BCUT2D eigenvalue weighted by Gasteiger charge is 2.40. The maximum atomic E-state index is 12.4. The smallest absolute Gasteiger partial charge is 0.319 e. The number of urea groups is 1. The number of esters is 1. The standard InChI is InChI=1S/C14H24N2O5/c1-10(11(17)21-4)8-15(3)13(20)16-7-5-6-14(2,9-16)12(18)19/h10H,5-9H2,1-4H3,(H,18,19). The molecule has 0 aliphatic carbocycles. The highest BCUT2D eigenvalue weighted by molar-refractivity contribution is 5.79. The van der Waals surface area contributed by atoms with Crippen molar-refractivity contribution in [2.24, 2.45) is 11.3 Å². The van der Waals surface area contributed by atoms with E-state index < -0.39 is 17.3 Å². The molecule has 2 atom stereocenters. The van der Waals surface area contributed by atoms with Gasteiger partial charge in [0.05, 0.1) is 18.4 Å². The molecule has 1 N–H and O–H groups in total. The van der Waals surface area contributed by atoms with Crippen LogP contribution in [0.1, 0.15) is 26.7 Å². The van der Waals surface area contributed by atoms with Crippen molar-refractivity contribution < 1.29 is 24.2 Å². The third-order valence-corrected chi connectivity index (χ3v) is 3.96. The Morgan fingerprint density at radius 1 is 1.43 bits per heavy atom. The highest BCUT2D eigenvalue weighted by atomic mass is 16.5. The first kappa shape index (κ1) is 17.3. The molecule has 1 heterocycles. The Balaban J connectivity index is 2.66. The van der Waals surface area contributed by atoms with E-state index in [1.165, 1.54) is 12.0 Å². The molecule has 0 aromatic heterocycles. The van der Waals surface area contributed by atoms with E-state index in [1.807, 2.05) is 0 Å². The summed E-state index contributed by atoms with van der Waals surface area (Å²) in [6.45, 7) is 4.32. The molecule has 0 radical (unpaired) electrons. The van der Waals surface area contributed by atoms with Gasteiger partial charge in [0.1, 0.15) is 0 Å². The Morgan fingerprint density at radius 3 is 2.57 bits per heavy atom. The molecule has 120 valence electrons. The molecule has 0 aromatic carbocycles. The molecule has 0 saturated carbocycles. The second kappa shape index (κ2) is 6.78. The number of carboxylic acid groups (broad SMARTS) is 1. The van der Waals surface area contributed by atoms with Gasteiger partial charge in [-0.25, -0.2) is 4.79 Å². The van der Waals surface area contributed by atoms with Gasteiger partial charge < -0.3 is 19.6 Å². The molecule has 21 heavy (non-hydrogen) atoms. The van der Waals surface area contributed by atoms with Gasteiger partial charge >= 0.3 is 18.0 Å². The van der Waals surface area contributed by atoms with Crippen LogP contribution in [0.3, 0.4) is 0 Å². The summed E-state index contributed by atoms with van der Waals surface area (Å²) in [6, 6.07) is -0.252. The number of piperidine rings is 1. The lowest BCUT2D eigenvalue weighted by atomic mass is 9.82. The van der Waals surface area contributed by atoms with E-state index in [2.05, 4.69) is 4.74 Å². The summed E-state index contributed by atoms with van der Waals surface area (Å²) in [5.74, 6) is -1.67. The number of likely N-dealkylation sites (tertiary alicyclic amines) is 1. The predicted octanol–water partition coefficient (Wildman–Crippen LogP) is 1.03. The fourth-order valence-electron chi connectivity index (χ4n) is 2.58. The molecule has 0 aromatic rings. The maximum Gasteiger partial charge on any atom is 0.319 e. The van der Waals surface area contributed by atoms with Crippen molar-refractivity contribution >= 4 is 18.0 Å². The molecular weight excluding hydrogens is 276 g/mol. The van der Waals surface area contributed by atoms with Crippen molar-refractivity contribution in [2.75, 3.05) is 33.8 Å². The summed E-state index contributed by atoms with van der Waals surface area (Å²) >= 11 is 0. The summed E-state index contributed by atoms with van der Waals surface area (Å²) in [6.07, 6.45) is 1.23. The summed E-state index contributed by atoms with van der Waals surface area (Å²) in [7, 11) is 2.91. The third-order valence-electron chi connectivity index (χ3n) is 3.96. The molecule has 2 amide bonds.